The Bertz CT molecular complexity index is 97.6. The molecule has 2 nitrogen and oxygen atoms in total. The largest absolute Gasteiger partial charge is 1.00 e. The molecule has 0 fully saturated rings. The summed E-state index contributed by atoms with van der Waals surface area (Å²) in [5.74, 6) is 0.119. The second-order valence-corrected chi connectivity index (χ2v) is 4.47. The Morgan fingerprint density at radius 2 is 2.20 bits per heavy atom. The predicted octanol–water partition coefficient (Wildman–Crippen LogP) is -2.04. The number of hydrogen-bond acceptors (Lipinski definition) is 2. The van der Waals surface area contributed by atoms with Crippen molar-refractivity contribution in [1.82, 2.24) is 0 Å². The summed E-state index contributed by atoms with van der Waals surface area (Å²) in [5, 5.41) is 0. The molecule has 1 atom stereocenters. The van der Waals surface area contributed by atoms with E-state index in [2.05, 4.69) is 4.74 Å². The number of ether oxygens (including phenoxy) is 1. The van der Waals surface area contributed by atoms with Gasteiger partial charge in [0, 0.05) is 0 Å². The van der Waals surface area contributed by atoms with Crippen LogP contribution in [0.2, 0.25) is 0 Å². The molecule has 10 heavy (non-hydrogen) atoms. The van der Waals surface area contributed by atoms with Crippen molar-refractivity contribution >= 4 is 26.8 Å². The zero-order valence-corrected chi connectivity index (χ0v) is 8.22. The van der Waals surface area contributed by atoms with Crippen molar-refractivity contribution in [2.75, 3.05) is 18.6 Å². The number of rotatable bonds is 3. The molecule has 0 aromatic rings. The van der Waals surface area contributed by atoms with Gasteiger partial charge in [0.05, 0.1) is 6.61 Å². The van der Waals surface area contributed by atoms with E-state index in [0.717, 1.165) is 0 Å². The highest BCUT2D eigenvalue weighted by Crippen LogP contribution is 1.97. The summed E-state index contributed by atoms with van der Waals surface area (Å²) in [7, 11) is 5.19. The molecular formula is C5H10Cl2O2S. The molecule has 0 radical (unpaired) electrons. The molecule has 0 aromatic heterocycles. The van der Waals surface area contributed by atoms with Gasteiger partial charge in [-0.15, -0.1) is 0 Å². The van der Waals surface area contributed by atoms with Gasteiger partial charge in [0.25, 0.3) is 0 Å². The van der Waals surface area contributed by atoms with Crippen LogP contribution in [0, 0.1) is 0 Å². The van der Waals surface area contributed by atoms with E-state index in [1.165, 1.54) is 0 Å². The van der Waals surface area contributed by atoms with Crippen LogP contribution in [0.15, 0.2) is 0 Å². The number of carbonyl (C=O) groups excluding carboxylic acids is 1. The average molecular weight is 205 g/mol. The molecule has 0 spiro atoms. The molecule has 0 amide bonds. The van der Waals surface area contributed by atoms with E-state index < -0.39 is 0 Å². The van der Waals surface area contributed by atoms with Gasteiger partial charge < -0.3 is 17.1 Å². The highest BCUT2D eigenvalue weighted by Gasteiger charge is 2.14. The number of halogens is 2. The van der Waals surface area contributed by atoms with Crippen molar-refractivity contribution in [3.8, 4) is 0 Å². The quantitative estimate of drug-likeness (QED) is 0.392. The van der Waals surface area contributed by atoms with E-state index in [0.29, 0.717) is 12.4 Å². The minimum atomic E-state index is -0.349. The van der Waals surface area contributed by atoms with Crippen LogP contribution in [0.5, 0.6) is 0 Å². The summed E-state index contributed by atoms with van der Waals surface area (Å²) in [6.07, 6.45) is 1.79. The van der Waals surface area contributed by atoms with Gasteiger partial charge in [0.2, 0.25) is 5.75 Å². The first-order valence-electron chi connectivity index (χ1n) is 2.61. The fourth-order valence-corrected chi connectivity index (χ4v) is 1.04. The fourth-order valence-electron chi connectivity index (χ4n) is 0.365. The Morgan fingerprint density at radius 1 is 1.70 bits per heavy atom. The molecule has 1 unspecified atom stereocenters. The molecule has 0 aliphatic carbocycles. The molecule has 0 rings (SSSR count). The van der Waals surface area contributed by atoms with E-state index in [9.17, 15) is 4.79 Å². The zero-order chi connectivity index (χ0) is 7.28. The van der Waals surface area contributed by atoms with Gasteiger partial charge in [0.15, 0.2) is 10.7 Å². The van der Waals surface area contributed by atoms with Gasteiger partial charge in [-0.1, -0.05) is 0 Å². The summed E-state index contributed by atoms with van der Waals surface area (Å²) in [5.41, 5.74) is 0. The third-order valence-electron chi connectivity index (χ3n) is 0.622. The summed E-state index contributed by atoms with van der Waals surface area (Å²) < 4.78 is 4.64. The third kappa shape index (κ3) is 8.40. The molecule has 0 saturated heterocycles. The van der Waals surface area contributed by atoms with Crippen LogP contribution in [0.1, 0.15) is 6.92 Å². The fraction of sp³-hybridized carbons (Fsp3) is 0.800. The van der Waals surface area contributed by atoms with Crippen LogP contribution in [-0.2, 0) is 19.6 Å². The average Bonchev–Trinajstić information content (AvgIpc) is 1.63. The summed E-state index contributed by atoms with van der Waals surface area (Å²) in [6.45, 7) is 2.22. The molecule has 5 heteroatoms. The number of carbonyl (C=O) groups is 1. The highest BCUT2D eigenvalue weighted by atomic mass is 35.7. The summed E-state index contributed by atoms with van der Waals surface area (Å²) in [6, 6.07) is 0. The maximum atomic E-state index is 10.6. The molecule has 62 valence electrons. The van der Waals surface area contributed by atoms with Gasteiger partial charge in [-0.25, -0.2) is 4.79 Å². The van der Waals surface area contributed by atoms with Crippen molar-refractivity contribution in [3.63, 3.8) is 0 Å². The Morgan fingerprint density at radius 3 is 2.50 bits per heavy atom. The summed E-state index contributed by atoms with van der Waals surface area (Å²) in [4.78, 5) is 10.6. The minimum Gasteiger partial charge on any atom is -1.00 e. The third-order valence-corrected chi connectivity index (χ3v) is 1.58. The summed E-state index contributed by atoms with van der Waals surface area (Å²) >= 11 is 0. The van der Waals surface area contributed by atoms with Crippen LogP contribution in [0.3, 0.4) is 0 Å². The van der Waals surface area contributed by atoms with Gasteiger partial charge in [-0.05, 0) is 6.92 Å². The van der Waals surface area contributed by atoms with E-state index in [1.807, 2.05) is 0 Å². The van der Waals surface area contributed by atoms with Gasteiger partial charge in [-0.3, -0.25) is 0 Å². The molecule has 0 saturated carbocycles. The molecule has 0 N–H and O–H groups in total. The normalized spacial score (nSPS) is 11.5. The van der Waals surface area contributed by atoms with Crippen molar-refractivity contribution in [3.05, 3.63) is 0 Å². The zero-order valence-electron chi connectivity index (χ0n) is 5.89. The second-order valence-electron chi connectivity index (χ2n) is 1.50. The van der Waals surface area contributed by atoms with Crippen LogP contribution in [-0.4, -0.2) is 24.6 Å². The van der Waals surface area contributed by atoms with Crippen LogP contribution < -0.4 is 12.4 Å². The number of hydrogen-bond donors (Lipinski definition) is 0. The predicted molar refractivity (Wildman–Crippen MR) is 40.6 cm³/mol. The molecule has 0 heterocycles. The molecule has 0 aromatic carbocycles. The van der Waals surface area contributed by atoms with Crippen LogP contribution in [0.25, 0.3) is 0 Å². The van der Waals surface area contributed by atoms with Gasteiger partial charge >= 0.3 is 5.97 Å². The van der Waals surface area contributed by atoms with Gasteiger partial charge in [-0.2, -0.15) is 0 Å². The minimum absolute atomic E-state index is 0. The van der Waals surface area contributed by atoms with Crippen molar-refractivity contribution in [2.45, 2.75) is 6.92 Å². The maximum Gasteiger partial charge on any atom is 0.358 e. The standard InChI is InChI=1S/C5H10ClO2S.ClH/c1-3-8-5(7)4-9(2)6;/h3-4H2,1-2H3;1H/q+1;/p-1. The molecular weight excluding hydrogens is 195 g/mol. The lowest BCUT2D eigenvalue weighted by Gasteiger charge is -1.95. The van der Waals surface area contributed by atoms with Crippen molar-refractivity contribution < 1.29 is 21.9 Å². The number of esters is 1. The van der Waals surface area contributed by atoms with Crippen molar-refractivity contribution in [2.24, 2.45) is 0 Å². The molecule has 0 aliphatic heterocycles. The van der Waals surface area contributed by atoms with Gasteiger partial charge in [0.1, 0.15) is 16.4 Å². The monoisotopic (exact) mass is 204 g/mol. The molecule has 0 bridgehead atoms. The first-order chi connectivity index (χ1) is 4.16. The van der Waals surface area contributed by atoms with E-state index in [-0.39, 0.29) is 28.5 Å². The first kappa shape index (κ1) is 13.0. The SMILES string of the molecule is CCOC(=O)C[S+](C)Cl.[Cl-]. The Kier molecular flexibility index (Phi) is 9.78. The van der Waals surface area contributed by atoms with Crippen LogP contribution >= 0.6 is 10.7 Å². The Hall–Kier alpha value is 0.400. The second kappa shape index (κ2) is 7.51. The maximum absolute atomic E-state index is 10.6. The Labute approximate surface area is 74.5 Å². The lowest BCUT2D eigenvalue weighted by molar-refractivity contribution is -0.139. The van der Waals surface area contributed by atoms with E-state index in [1.54, 1.807) is 13.2 Å². The molecule has 0 aliphatic rings. The van der Waals surface area contributed by atoms with E-state index >= 15 is 0 Å². The van der Waals surface area contributed by atoms with Crippen molar-refractivity contribution in [1.29, 1.82) is 0 Å². The lowest BCUT2D eigenvalue weighted by Crippen LogP contribution is -3.00. The highest BCUT2D eigenvalue weighted by molar-refractivity contribution is 8.18. The van der Waals surface area contributed by atoms with E-state index in [4.69, 9.17) is 10.7 Å². The Balaban J connectivity index is 0. The first-order valence-corrected chi connectivity index (χ1v) is 5.24. The topological polar surface area (TPSA) is 26.3 Å². The lowest BCUT2D eigenvalue weighted by atomic mass is 10.8. The van der Waals surface area contributed by atoms with Crippen LogP contribution in [0.4, 0.5) is 0 Å². The smallest absolute Gasteiger partial charge is 0.358 e.